The second-order valence-electron chi connectivity index (χ2n) is 2.44. The molecule has 0 fully saturated rings. The monoisotopic (exact) mass is 215 g/mol. The fourth-order valence-electron chi connectivity index (χ4n) is 0.976. The van der Waals surface area contributed by atoms with E-state index >= 15 is 0 Å². The van der Waals surface area contributed by atoms with Crippen LogP contribution in [0.1, 0.15) is 0 Å². The van der Waals surface area contributed by atoms with Gasteiger partial charge in [0.15, 0.2) is 5.75 Å². The molecule has 0 bridgehead atoms. The van der Waals surface area contributed by atoms with E-state index in [9.17, 15) is 4.79 Å². The maximum atomic E-state index is 10.9. The summed E-state index contributed by atoms with van der Waals surface area (Å²) in [6.07, 6.45) is -0.564. The van der Waals surface area contributed by atoms with E-state index in [-0.39, 0.29) is 0 Å². The van der Waals surface area contributed by atoms with Gasteiger partial charge in [0.05, 0.1) is 24.9 Å². The predicted molar refractivity (Wildman–Crippen MR) is 54.0 cm³/mol. The van der Waals surface area contributed by atoms with Gasteiger partial charge in [-0.05, 0) is 12.1 Å². The van der Waals surface area contributed by atoms with E-state index in [0.717, 1.165) is 0 Å². The molecule has 1 aromatic rings. The second-order valence-corrected chi connectivity index (χ2v) is 2.84. The summed E-state index contributed by atoms with van der Waals surface area (Å²) in [7, 11) is 2.76. The minimum absolute atomic E-state index is 0.416. The van der Waals surface area contributed by atoms with Crippen molar-refractivity contribution in [3.63, 3.8) is 0 Å². The van der Waals surface area contributed by atoms with Crippen LogP contribution in [0.3, 0.4) is 0 Å². The predicted octanol–water partition coefficient (Wildman–Crippen LogP) is 2.53. The summed E-state index contributed by atoms with van der Waals surface area (Å²) in [5.41, 5.74) is 0.479. The molecule has 5 heteroatoms. The molecule has 0 aliphatic heterocycles. The molecule has 0 saturated carbocycles. The average molecular weight is 216 g/mol. The van der Waals surface area contributed by atoms with Crippen LogP contribution < -0.4 is 10.1 Å². The molecule has 1 amide bonds. The molecule has 0 saturated heterocycles. The first-order valence-corrected chi connectivity index (χ1v) is 4.24. The summed E-state index contributed by atoms with van der Waals surface area (Å²) in [5, 5.41) is 2.91. The van der Waals surface area contributed by atoms with Gasteiger partial charge >= 0.3 is 6.09 Å². The SMILES string of the molecule is COC(=O)Nc1cccc(Cl)c1OC. The molecule has 76 valence electrons. The number of hydrogen-bond acceptors (Lipinski definition) is 3. The van der Waals surface area contributed by atoms with Gasteiger partial charge < -0.3 is 9.47 Å². The number of hydrogen-bond donors (Lipinski definition) is 1. The number of nitrogens with one attached hydrogen (secondary N) is 1. The molecule has 0 aliphatic carbocycles. The Kier molecular flexibility index (Phi) is 3.59. The lowest BCUT2D eigenvalue weighted by Crippen LogP contribution is -2.11. The number of carbonyl (C=O) groups is 1. The van der Waals surface area contributed by atoms with Crippen molar-refractivity contribution in [2.45, 2.75) is 0 Å². The van der Waals surface area contributed by atoms with E-state index in [1.54, 1.807) is 18.2 Å². The van der Waals surface area contributed by atoms with Gasteiger partial charge in [-0.25, -0.2) is 4.79 Å². The normalized spacial score (nSPS) is 9.36. The van der Waals surface area contributed by atoms with Crippen LogP contribution in [-0.4, -0.2) is 20.3 Å². The van der Waals surface area contributed by atoms with Crippen molar-refractivity contribution in [3.8, 4) is 5.75 Å². The molecule has 4 nitrogen and oxygen atoms in total. The van der Waals surface area contributed by atoms with Gasteiger partial charge in [0, 0.05) is 0 Å². The summed E-state index contributed by atoms with van der Waals surface area (Å²) in [6.45, 7) is 0. The highest BCUT2D eigenvalue weighted by atomic mass is 35.5. The zero-order valence-electron chi connectivity index (χ0n) is 7.83. The first kappa shape index (κ1) is 10.7. The average Bonchev–Trinajstić information content (AvgIpc) is 2.18. The fourth-order valence-corrected chi connectivity index (χ4v) is 1.23. The van der Waals surface area contributed by atoms with Gasteiger partial charge in [0.2, 0.25) is 0 Å². The van der Waals surface area contributed by atoms with Crippen LogP contribution in [0.5, 0.6) is 5.75 Å². The number of halogens is 1. The van der Waals surface area contributed by atoms with Gasteiger partial charge in [-0.15, -0.1) is 0 Å². The Morgan fingerprint density at radius 1 is 1.43 bits per heavy atom. The van der Waals surface area contributed by atoms with E-state index in [1.807, 2.05) is 0 Å². The molecule has 0 aromatic heterocycles. The Labute approximate surface area is 86.8 Å². The van der Waals surface area contributed by atoms with Gasteiger partial charge in [-0.1, -0.05) is 17.7 Å². The minimum Gasteiger partial charge on any atom is -0.493 e. The van der Waals surface area contributed by atoms with Gasteiger partial charge in [0.25, 0.3) is 0 Å². The third kappa shape index (κ3) is 2.29. The highest BCUT2D eigenvalue weighted by molar-refractivity contribution is 6.32. The van der Waals surface area contributed by atoms with E-state index in [1.165, 1.54) is 14.2 Å². The molecular formula is C9H10ClNO3. The number of methoxy groups -OCH3 is 2. The molecule has 1 aromatic carbocycles. The molecule has 0 spiro atoms. The first-order valence-electron chi connectivity index (χ1n) is 3.86. The largest absolute Gasteiger partial charge is 0.493 e. The second kappa shape index (κ2) is 4.72. The van der Waals surface area contributed by atoms with E-state index in [2.05, 4.69) is 10.1 Å². The van der Waals surface area contributed by atoms with Gasteiger partial charge in [0.1, 0.15) is 0 Å². The Morgan fingerprint density at radius 3 is 2.71 bits per heavy atom. The molecule has 0 atom stereocenters. The number of para-hydroxylation sites is 1. The van der Waals surface area contributed by atoms with Gasteiger partial charge in [-0.2, -0.15) is 0 Å². The van der Waals surface area contributed by atoms with Gasteiger partial charge in [-0.3, -0.25) is 5.32 Å². The number of ether oxygens (including phenoxy) is 2. The summed E-state index contributed by atoms with van der Waals surface area (Å²) in [4.78, 5) is 10.9. The van der Waals surface area contributed by atoms with Crippen LogP contribution in [0.2, 0.25) is 5.02 Å². The van der Waals surface area contributed by atoms with E-state index < -0.39 is 6.09 Å². The number of amides is 1. The van der Waals surface area contributed by atoms with Crippen LogP contribution in [-0.2, 0) is 4.74 Å². The third-order valence-electron chi connectivity index (χ3n) is 1.59. The van der Waals surface area contributed by atoms with Crippen LogP contribution in [0.25, 0.3) is 0 Å². The summed E-state index contributed by atoms with van der Waals surface area (Å²) in [5.74, 6) is 0.416. The van der Waals surface area contributed by atoms with E-state index in [4.69, 9.17) is 16.3 Å². The lowest BCUT2D eigenvalue weighted by molar-refractivity contribution is 0.187. The van der Waals surface area contributed by atoms with Crippen molar-refractivity contribution < 1.29 is 14.3 Å². The summed E-state index contributed by atoms with van der Waals surface area (Å²) in [6, 6.07) is 5.04. The summed E-state index contributed by atoms with van der Waals surface area (Å²) >= 11 is 5.84. The molecule has 14 heavy (non-hydrogen) atoms. The Hall–Kier alpha value is -1.42. The molecule has 1 rings (SSSR count). The van der Waals surface area contributed by atoms with Crippen LogP contribution >= 0.6 is 11.6 Å². The lowest BCUT2D eigenvalue weighted by atomic mass is 10.3. The maximum absolute atomic E-state index is 10.9. The fraction of sp³-hybridized carbons (Fsp3) is 0.222. The Morgan fingerprint density at radius 2 is 2.14 bits per heavy atom. The van der Waals surface area contributed by atoms with Crippen LogP contribution in [0.15, 0.2) is 18.2 Å². The molecule has 1 N–H and O–H groups in total. The number of rotatable bonds is 2. The zero-order valence-corrected chi connectivity index (χ0v) is 8.59. The van der Waals surface area contributed by atoms with Crippen molar-refractivity contribution in [1.29, 1.82) is 0 Å². The maximum Gasteiger partial charge on any atom is 0.411 e. The molecule has 0 radical (unpaired) electrons. The lowest BCUT2D eigenvalue weighted by Gasteiger charge is -2.09. The summed E-state index contributed by atoms with van der Waals surface area (Å²) < 4.78 is 9.46. The number of anilines is 1. The first-order chi connectivity index (χ1) is 6.69. The minimum atomic E-state index is -0.564. The van der Waals surface area contributed by atoms with Crippen molar-refractivity contribution in [3.05, 3.63) is 23.2 Å². The van der Waals surface area contributed by atoms with Crippen molar-refractivity contribution in [1.82, 2.24) is 0 Å². The van der Waals surface area contributed by atoms with Crippen molar-refractivity contribution >= 4 is 23.4 Å². The Bertz CT molecular complexity index is 341. The molecule has 0 aliphatic rings. The quantitative estimate of drug-likeness (QED) is 0.825. The highest BCUT2D eigenvalue weighted by Crippen LogP contribution is 2.32. The van der Waals surface area contributed by atoms with Crippen LogP contribution in [0, 0.1) is 0 Å². The van der Waals surface area contributed by atoms with E-state index in [0.29, 0.717) is 16.5 Å². The molecular weight excluding hydrogens is 206 g/mol. The number of carbonyl (C=O) groups excluding carboxylic acids is 1. The smallest absolute Gasteiger partial charge is 0.411 e. The molecule has 0 unspecified atom stereocenters. The van der Waals surface area contributed by atoms with Crippen LogP contribution in [0.4, 0.5) is 10.5 Å². The molecule has 0 heterocycles. The topological polar surface area (TPSA) is 47.6 Å². The van der Waals surface area contributed by atoms with Crippen molar-refractivity contribution in [2.75, 3.05) is 19.5 Å². The number of benzene rings is 1. The highest BCUT2D eigenvalue weighted by Gasteiger charge is 2.09. The van der Waals surface area contributed by atoms with Crippen molar-refractivity contribution in [2.24, 2.45) is 0 Å². The Balaban J connectivity index is 2.96. The third-order valence-corrected chi connectivity index (χ3v) is 1.89. The standard InChI is InChI=1S/C9H10ClNO3/c1-13-8-6(10)4-3-5-7(8)11-9(12)14-2/h3-5H,1-2H3,(H,11,12). The zero-order chi connectivity index (χ0) is 10.6.